The lowest BCUT2D eigenvalue weighted by atomic mass is 9.98. The third-order valence-electron chi connectivity index (χ3n) is 4.51. The summed E-state index contributed by atoms with van der Waals surface area (Å²) in [5.41, 5.74) is 6.46. The van der Waals surface area contributed by atoms with Gasteiger partial charge in [-0.1, -0.05) is 26.3 Å². The number of phenols is 1. The summed E-state index contributed by atoms with van der Waals surface area (Å²) in [5, 5.41) is 9.47. The second-order valence-corrected chi connectivity index (χ2v) is 6.08. The molecule has 1 fully saturated rings. The molecule has 0 saturated carbocycles. The van der Waals surface area contributed by atoms with Crippen LogP contribution in [0, 0.1) is 5.92 Å². The predicted octanol–water partition coefficient (Wildman–Crippen LogP) is 1.05. The van der Waals surface area contributed by atoms with Gasteiger partial charge in [-0.25, -0.2) is 0 Å². The fourth-order valence-corrected chi connectivity index (χ4v) is 2.66. The number of hydrogen-bond acceptors (Lipinski definition) is 4. The van der Waals surface area contributed by atoms with E-state index in [4.69, 9.17) is 5.73 Å². The zero-order chi connectivity index (χ0) is 17.0. The molecule has 1 aliphatic rings. The Morgan fingerprint density at radius 2 is 1.83 bits per heavy atom. The van der Waals surface area contributed by atoms with Crippen molar-refractivity contribution in [1.82, 2.24) is 9.80 Å². The monoisotopic (exact) mass is 319 g/mol. The van der Waals surface area contributed by atoms with Gasteiger partial charge in [-0.15, -0.1) is 0 Å². The largest absolute Gasteiger partial charge is 0.508 e. The third kappa shape index (κ3) is 4.01. The van der Waals surface area contributed by atoms with E-state index in [0.717, 1.165) is 6.42 Å². The Kier molecular flexibility index (Phi) is 5.60. The van der Waals surface area contributed by atoms with Crippen LogP contribution in [0.1, 0.15) is 30.6 Å². The molecule has 2 rings (SSSR count). The zero-order valence-electron chi connectivity index (χ0n) is 13.7. The maximum Gasteiger partial charge on any atom is 0.254 e. The lowest BCUT2D eigenvalue weighted by molar-refractivity contribution is -0.135. The molecular formula is C17H25N3O3. The van der Waals surface area contributed by atoms with E-state index >= 15 is 0 Å². The molecule has 0 radical (unpaired) electrons. The normalized spacial score (nSPS) is 17.7. The average Bonchev–Trinajstić information content (AvgIpc) is 2.59. The molecule has 23 heavy (non-hydrogen) atoms. The summed E-state index contributed by atoms with van der Waals surface area (Å²) >= 11 is 0. The molecular weight excluding hydrogens is 294 g/mol. The van der Waals surface area contributed by atoms with Crippen LogP contribution in [-0.2, 0) is 4.79 Å². The van der Waals surface area contributed by atoms with E-state index in [0.29, 0.717) is 31.7 Å². The maximum atomic E-state index is 12.4. The van der Waals surface area contributed by atoms with Crippen LogP contribution in [0.4, 0.5) is 0 Å². The molecule has 0 aliphatic carbocycles. The highest BCUT2D eigenvalue weighted by Crippen LogP contribution is 2.15. The minimum atomic E-state index is -0.478. The molecule has 0 bridgehead atoms. The molecule has 1 aliphatic heterocycles. The van der Waals surface area contributed by atoms with Gasteiger partial charge < -0.3 is 20.6 Å². The smallest absolute Gasteiger partial charge is 0.254 e. The first-order valence-corrected chi connectivity index (χ1v) is 8.06. The van der Waals surface area contributed by atoms with Crippen molar-refractivity contribution < 1.29 is 14.7 Å². The Balaban J connectivity index is 1.93. The Hall–Kier alpha value is -2.08. The number of nitrogens with zero attached hydrogens (tertiary/aromatic N) is 2. The number of hydrogen-bond donors (Lipinski definition) is 2. The van der Waals surface area contributed by atoms with E-state index < -0.39 is 6.04 Å². The van der Waals surface area contributed by atoms with Gasteiger partial charge in [-0.05, 0) is 24.1 Å². The molecule has 3 N–H and O–H groups in total. The molecule has 2 unspecified atom stereocenters. The lowest BCUT2D eigenvalue weighted by Gasteiger charge is -2.36. The van der Waals surface area contributed by atoms with Crippen molar-refractivity contribution >= 4 is 11.8 Å². The Morgan fingerprint density at radius 3 is 2.39 bits per heavy atom. The van der Waals surface area contributed by atoms with Crippen molar-refractivity contribution in [3.8, 4) is 5.75 Å². The molecule has 126 valence electrons. The van der Waals surface area contributed by atoms with Crippen molar-refractivity contribution in [2.75, 3.05) is 26.2 Å². The Morgan fingerprint density at radius 1 is 1.22 bits per heavy atom. The van der Waals surface area contributed by atoms with Crippen LogP contribution >= 0.6 is 0 Å². The quantitative estimate of drug-likeness (QED) is 0.868. The topological polar surface area (TPSA) is 86.9 Å². The van der Waals surface area contributed by atoms with Gasteiger partial charge in [0.25, 0.3) is 5.91 Å². The summed E-state index contributed by atoms with van der Waals surface area (Å²) in [6.45, 7) is 5.94. The SMILES string of the molecule is CCC(C)C(N)C(=O)N1CCN(C(=O)c2cccc(O)c2)CC1. The van der Waals surface area contributed by atoms with Gasteiger partial charge in [0.05, 0.1) is 6.04 Å². The minimum absolute atomic E-state index is 0.0381. The first kappa shape index (κ1) is 17.3. The van der Waals surface area contributed by atoms with E-state index in [1.165, 1.54) is 12.1 Å². The standard InChI is InChI=1S/C17H25N3O3/c1-3-12(2)15(18)17(23)20-9-7-19(8-10-20)16(22)13-5-4-6-14(21)11-13/h4-6,11-12,15,21H,3,7-10,18H2,1-2H3. The molecule has 6 nitrogen and oxygen atoms in total. The number of benzene rings is 1. The van der Waals surface area contributed by atoms with Gasteiger partial charge in [-0.2, -0.15) is 0 Å². The van der Waals surface area contributed by atoms with Gasteiger partial charge in [0.15, 0.2) is 0 Å². The molecule has 6 heteroatoms. The van der Waals surface area contributed by atoms with Gasteiger partial charge in [0.1, 0.15) is 5.75 Å². The second-order valence-electron chi connectivity index (χ2n) is 6.08. The number of carbonyl (C=O) groups excluding carboxylic acids is 2. The van der Waals surface area contributed by atoms with Gasteiger partial charge in [0, 0.05) is 31.7 Å². The van der Waals surface area contributed by atoms with E-state index in [9.17, 15) is 14.7 Å². The number of amides is 2. The summed E-state index contributed by atoms with van der Waals surface area (Å²) < 4.78 is 0. The summed E-state index contributed by atoms with van der Waals surface area (Å²) in [7, 11) is 0. The highest BCUT2D eigenvalue weighted by molar-refractivity contribution is 5.94. The highest BCUT2D eigenvalue weighted by Gasteiger charge is 2.29. The van der Waals surface area contributed by atoms with Crippen LogP contribution in [0.5, 0.6) is 5.75 Å². The summed E-state index contributed by atoms with van der Waals surface area (Å²) in [4.78, 5) is 28.2. The van der Waals surface area contributed by atoms with E-state index in [2.05, 4.69) is 0 Å². The summed E-state index contributed by atoms with van der Waals surface area (Å²) in [6, 6.07) is 5.84. The van der Waals surface area contributed by atoms with Crippen LogP contribution in [0.15, 0.2) is 24.3 Å². The molecule has 2 atom stereocenters. The Labute approximate surface area is 136 Å². The minimum Gasteiger partial charge on any atom is -0.508 e. The van der Waals surface area contributed by atoms with Crippen LogP contribution < -0.4 is 5.73 Å². The van der Waals surface area contributed by atoms with E-state index in [1.54, 1.807) is 21.9 Å². The molecule has 1 aromatic rings. The first-order valence-electron chi connectivity index (χ1n) is 8.06. The molecule has 1 saturated heterocycles. The van der Waals surface area contributed by atoms with Gasteiger partial charge in [-0.3, -0.25) is 9.59 Å². The van der Waals surface area contributed by atoms with Crippen LogP contribution in [0.3, 0.4) is 0 Å². The van der Waals surface area contributed by atoms with Crippen molar-refractivity contribution in [2.45, 2.75) is 26.3 Å². The molecule has 1 aromatic carbocycles. The van der Waals surface area contributed by atoms with Crippen LogP contribution in [0.25, 0.3) is 0 Å². The number of phenolic OH excluding ortho intramolecular Hbond substituents is 1. The third-order valence-corrected chi connectivity index (χ3v) is 4.51. The number of carbonyl (C=O) groups is 2. The number of aromatic hydroxyl groups is 1. The van der Waals surface area contributed by atoms with Crippen molar-refractivity contribution in [1.29, 1.82) is 0 Å². The predicted molar refractivity (Wildman–Crippen MR) is 88.0 cm³/mol. The number of nitrogens with two attached hydrogens (primary N) is 1. The fraction of sp³-hybridized carbons (Fsp3) is 0.529. The highest BCUT2D eigenvalue weighted by atomic mass is 16.3. The van der Waals surface area contributed by atoms with E-state index in [1.807, 2.05) is 13.8 Å². The number of rotatable bonds is 4. The molecule has 0 spiro atoms. The van der Waals surface area contributed by atoms with Crippen LogP contribution in [-0.4, -0.2) is 58.9 Å². The maximum absolute atomic E-state index is 12.4. The first-order chi connectivity index (χ1) is 10.9. The van der Waals surface area contributed by atoms with Crippen molar-refractivity contribution in [2.24, 2.45) is 11.7 Å². The molecule has 0 aromatic heterocycles. The summed E-state index contributed by atoms with van der Waals surface area (Å²) in [5.74, 6) is 0.0571. The second kappa shape index (κ2) is 7.46. The average molecular weight is 319 g/mol. The zero-order valence-corrected chi connectivity index (χ0v) is 13.7. The van der Waals surface area contributed by atoms with Crippen molar-refractivity contribution in [3.63, 3.8) is 0 Å². The molecule has 2 amide bonds. The van der Waals surface area contributed by atoms with Gasteiger partial charge in [0.2, 0.25) is 5.91 Å². The van der Waals surface area contributed by atoms with E-state index in [-0.39, 0.29) is 23.5 Å². The lowest BCUT2D eigenvalue weighted by Crippen LogP contribution is -2.55. The summed E-state index contributed by atoms with van der Waals surface area (Å²) in [6.07, 6.45) is 0.864. The van der Waals surface area contributed by atoms with Crippen molar-refractivity contribution in [3.05, 3.63) is 29.8 Å². The fourth-order valence-electron chi connectivity index (χ4n) is 2.66. The number of piperazine rings is 1. The molecule has 1 heterocycles. The Bertz CT molecular complexity index is 568. The van der Waals surface area contributed by atoms with Crippen LogP contribution in [0.2, 0.25) is 0 Å². The van der Waals surface area contributed by atoms with Gasteiger partial charge >= 0.3 is 0 Å².